The van der Waals surface area contributed by atoms with Crippen LogP contribution in [-0.2, 0) is 0 Å². The number of rotatable bonds is 4. The van der Waals surface area contributed by atoms with E-state index >= 15 is 0 Å². The van der Waals surface area contributed by atoms with Crippen molar-refractivity contribution in [2.45, 2.75) is 6.92 Å². The highest BCUT2D eigenvalue weighted by molar-refractivity contribution is 5.97. The van der Waals surface area contributed by atoms with Gasteiger partial charge in [-0.2, -0.15) is 0 Å². The molecule has 2 aromatic carbocycles. The molecule has 0 atom stereocenters. The van der Waals surface area contributed by atoms with E-state index in [4.69, 9.17) is 4.74 Å². The lowest BCUT2D eigenvalue weighted by molar-refractivity contribution is 0.0916. The third kappa shape index (κ3) is 3.17. The van der Waals surface area contributed by atoms with Crippen LogP contribution in [-0.4, -0.2) is 12.4 Å². The number of benzene rings is 2. The Morgan fingerprint density at radius 3 is 2.40 bits per heavy atom. The zero-order chi connectivity index (χ0) is 14.7. The molecule has 20 heavy (non-hydrogen) atoms. The fourth-order valence-electron chi connectivity index (χ4n) is 1.67. The molecule has 0 aliphatic rings. The third-order valence-electron chi connectivity index (χ3n) is 2.74. The highest BCUT2D eigenvalue weighted by Crippen LogP contribution is 2.19. The molecule has 0 aliphatic carbocycles. The molecule has 0 N–H and O–H groups in total. The minimum atomic E-state index is -0.949. The van der Waals surface area contributed by atoms with Crippen LogP contribution in [0, 0.1) is 24.4 Å². The number of ether oxygens (including phenoxy) is 1. The highest BCUT2D eigenvalue weighted by atomic mass is 19.1. The second-order valence-electron chi connectivity index (χ2n) is 4.25. The minimum absolute atomic E-state index is 0.209. The van der Waals surface area contributed by atoms with E-state index in [2.05, 4.69) is 0 Å². The first kappa shape index (κ1) is 14.1. The molecule has 0 saturated heterocycles. The Morgan fingerprint density at radius 2 is 1.70 bits per heavy atom. The average molecular weight is 280 g/mol. The Kier molecular flexibility index (Phi) is 4.08. The topological polar surface area (TPSA) is 26.3 Å². The normalized spacial score (nSPS) is 10.4. The van der Waals surface area contributed by atoms with Crippen molar-refractivity contribution >= 4 is 5.78 Å². The Hall–Kier alpha value is -2.30. The van der Waals surface area contributed by atoms with Crippen LogP contribution >= 0.6 is 0 Å². The summed E-state index contributed by atoms with van der Waals surface area (Å²) in [6.45, 7) is 1.24. The maximum atomic E-state index is 13.4. The van der Waals surface area contributed by atoms with E-state index < -0.39 is 29.8 Å². The van der Waals surface area contributed by atoms with E-state index in [1.54, 1.807) is 6.92 Å². The number of halogens is 3. The first-order valence-corrected chi connectivity index (χ1v) is 5.84. The van der Waals surface area contributed by atoms with Crippen molar-refractivity contribution in [2.75, 3.05) is 6.61 Å². The summed E-state index contributed by atoms with van der Waals surface area (Å²) in [4.78, 5) is 11.8. The zero-order valence-electron chi connectivity index (χ0n) is 10.6. The molecule has 104 valence electrons. The summed E-state index contributed by atoms with van der Waals surface area (Å²) in [6.07, 6.45) is 0. The molecule has 0 radical (unpaired) electrons. The molecule has 0 unspecified atom stereocenters. The van der Waals surface area contributed by atoms with Gasteiger partial charge < -0.3 is 4.74 Å². The van der Waals surface area contributed by atoms with Gasteiger partial charge >= 0.3 is 0 Å². The van der Waals surface area contributed by atoms with Crippen LogP contribution in [0.25, 0.3) is 0 Å². The van der Waals surface area contributed by atoms with Crippen molar-refractivity contribution in [2.24, 2.45) is 0 Å². The molecule has 2 aromatic rings. The van der Waals surface area contributed by atoms with E-state index in [0.29, 0.717) is 11.6 Å². The molecule has 0 saturated carbocycles. The number of carbonyl (C=O) groups excluding carboxylic acids is 1. The van der Waals surface area contributed by atoms with Gasteiger partial charge in [0.05, 0.1) is 5.56 Å². The van der Waals surface area contributed by atoms with Gasteiger partial charge in [-0.15, -0.1) is 0 Å². The SMILES string of the molecule is Cc1ccc(F)cc1OCC(=O)c1ccc(F)cc1F. The number of carbonyl (C=O) groups is 1. The van der Waals surface area contributed by atoms with Gasteiger partial charge in [-0.1, -0.05) is 6.07 Å². The van der Waals surface area contributed by atoms with E-state index in [1.165, 1.54) is 12.1 Å². The number of hydrogen-bond donors (Lipinski definition) is 0. The number of aryl methyl sites for hydroxylation is 1. The lowest BCUT2D eigenvalue weighted by Gasteiger charge is -2.09. The zero-order valence-corrected chi connectivity index (χ0v) is 10.6. The fourth-order valence-corrected chi connectivity index (χ4v) is 1.67. The van der Waals surface area contributed by atoms with Crippen molar-refractivity contribution in [3.8, 4) is 5.75 Å². The lowest BCUT2D eigenvalue weighted by Crippen LogP contribution is -2.14. The number of hydrogen-bond acceptors (Lipinski definition) is 2. The summed E-state index contributed by atoms with van der Waals surface area (Å²) in [5.41, 5.74) is 0.388. The van der Waals surface area contributed by atoms with Crippen molar-refractivity contribution in [1.82, 2.24) is 0 Å². The highest BCUT2D eigenvalue weighted by Gasteiger charge is 2.14. The summed E-state index contributed by atoms with van der Waals surface area (Å²) >= 11 is 0. The van der Waals surface area contributed by atoms with Crippen LogP contribution in [0.4, 0.5) is 13.2 Å². The Bertz CT molecular complexity index is 654. The molecule has 2 rings (SSSR count). The van der Waals surface area contributed by atoms with E-state index in [-0.39, 0.29) is 11.3 Å². The summed E-state index contributed by atoms with van der Waals surface area (Å²) in [5, 5.41) is 0. The summed E-state index contributed by atoms with van der Waals surface area (Å²) in [5.74, 6) is -2.64. The van der Waals surface area contributed by atoms with Gasteiger partial charge in [0.25, 0.3) is 0 Å². The second kappa shape index (κ2) is 5.77. The molecule has 2 nitrogen and oxygen atoms in total. The molecular weight excluding hydrogens is 269 g/mol. The first-order chi connectivity index (χ1) is 9.47. The molecule has 0 heterocycles. The largest absolute Gasteiger partial charge is 0.485 e. The molecule has 0 amide bonds. The standard InChI is InChI=1S/C15H11F3O2/c1-9-2-3-11(17)7-15(9)20-8-14(19)12-5-4-10(16)6-13(12)18/h2-7H,8H2,1H3. The van der Waals surface area contributed by atoms with Gasteiger partial charge in [0, 0.05) is 12.1 Å². The van der Waals surface area contributed by atoms with Gasteiger partial charge in [0.15, 0.2) is 6.61 Å². The van der Waals surface area contributed by atoms with Crippen LogP contribution in [0.1, 0.15) is 15.9 Å². The Labute approximate surface area is 113 Å². The van der Waals surface area contributed by atoms with Crippen LogP contribution in [0.5, 0.6) is 5.75 Å². The second-order valence-corrected chi connectivity index (χ2v) is 4.25. The third-order valence-corrected chi connectivity index (χ3v) is 2.74. The predicted molar refractivity (Wildman–Crippen MR) is 67.3 cm³/mol. The molecule has 0 fully saturated rings. The predicted octanol–water partition coefficient (Wildman–Crippen LogP) is 3.67. The summed E-state index contributed by atoms with van der Waals surface area (Å²) < 4.78 is 44.3. The smallest absolute Gasteiger partial charge is 0.203 e. The Morgan fingerprint density at radius 1 is 1.05 bits per heavy atom. The molecule has 0 spiro atoms. The van der Waals surface area contributed by atoms with Crippen molar-refractivity contribution < 1.29 is 22.7 Å². The van der Waals surface area contributed by atoms with Crippen molar-refractivity contribution in [3.63, 3.8) is 0 Å². The van der Waals surface area contributed by atoms with Gasteiger partial charge in [0.1, 0.15) is 23.2 Å². The van der Waals surface area contributed by atoms with Gasteiger partial charge in [0.2, 0.25) is 5.78 Å². The van der Waals surface area contributed by atoms with Crippen molar-refractivity contribution in [1.29, 1.82) is 0 Å². The molecule has 0 aliphatic heterocycles. The summed E-state index contributed by atoms with van der Waals surface area (Å²) in [6, 6.07) is 6.58. The maximum Gasteiger partial charge on any atom is 0.203 e. The van der Waals surface area contributed by atoms with E-state index in [9.17, 15) is 18.0 Å². The van der Waals surface area contributed by atoms with Crippen LogP contribution in [0.2, 0.25) is 0 Å². The van der Waals surface area contributed by atoms with E-state index in [1.807, 2.05) is 0 Å². The van der Waals surface area contributed by atoms with Gasteiger partial charge in [-0.3, -0.25) is 4.79 Å². The van der Waals surface area contributed by atoms with E-state index in [0.717, 1.165) is 18.2 Å². The number of ketones is 1. The lowest BCUT2D eigenvalue weighted by atomic mass is 10.1. The Balaban J connectivity index is 2.10. The molecule has 0 aromatic heterocycles. The minimum Gasteiger partial charge on any atom is -0.485 e. The molecule has 5 heteroatoms. The average Bonchev–Trinajstić information content (AvgIpc) is 2.39. The number of Topliss-reactive ketones (excluding diaryl/α,β-unsaturated/α-hetero) is 1. The molecular formula is C15H11F3O2. The van der Waals surface area contributed by atoms with Crippen LogP contribution in [0.15, 0.2) is 36.4 Å². The fraction of sp³-hybridized carbons (Fsp3) is 0.133. The quantitative estimate of drug-likeness (QED) is 0.799. The monoisotopic (exact) mass is 280 g/mol. The van der Waals surface area contributed by atoms with Crippen LogP contribution in [0.3, 0.4) is 0 Å². The van der Waals surface area contributed by atoms with Gasteiger partial charge in [-0.25, -0.2) is 13.2 Å². The maximum absolute atomic E-state index is 13.4. The summed E-state index contributed by atoms with van der Waals surface area (Å²) in [7, 11) is 0. The molecule has 0 bridgehead atoms. The van der Waals surface area contributed by atoms with Gasteiger partial charge in [-0.05, 0) is 30.7 Å². The van der Waals surface area contributed by atoms with Crippen LogP contribution < -0.4 is 4.74 Å². The van der Waals surface area contributed by atoms with Crippen molar-refractivity contribution in [3.05, 3.63) is 65.0 Å². The first-order valence-electron chi connectivity index (χ1n) is 5.84.